The Morgan fingerprint density at radius 2 is 2.23 bits per heavy atom. The van der Waals surface area contributed by atoms with Crippen molar-refractivity contribution in [1.82, 2.24) is 4.90 Å². The van der Waals surface area contributed by atoms with Crippen LogP contribution in [0.3, 0.4) is 0 Å². The molecule has 1 aromatic rings. The van der Waals surface area contributed by atoms with Crippen LogP contribution in [-0.4, -0.2) is 40.8 Å². The number of carbonyl (C=O) groups excluding carboxylic acids is 1. The molecule has 1 fully saturated rings. The first-order chi connectivity index (χ1) is 10.4. The summed E-state index contributed by atoms with van der Waals surface area (Å²) in [6.07, 6.45) is 0.632. The van der Waals surface area contributed by atoms with Gasteiger partial charge in [0.2, 0.25) is 5.91 Å². The Morgan fingerprint density at radius 3 is 2.86 bits per heavy atom. The van der Waals surface area contributed by atoms with Gasteiger partial charge in [-0.3, -0.25) is 4.79 Å². The van der Waals surface area contributed by atoms with Crippen molar-refractivity contribution < 1.29 is 19.4 Å². The zero-order valence-electron chi connectivity index (χ0n) is 13.3. The summed E-state index contributed by atoms with van der Waals surface area (Å²) >= 11 is 0. The maximum atomic E-state index is 12.2. The highest BCUT2D eigenvalue weighted by molar-refractivity contribution is 5.79. The Balaban J connectivity index is 2.04. The molecule has 1 aromatic carbocycles. The highest BCUT2D eigenvalue weighted by atomic mass is 16.5. The molecule has 2 atom stereocenters. The van der Waals surface area contributed by atoms with Crippen LogP contribution in [0.15, 0.2) is 18.2 Å². The molecular formula is C17H23NO4. The number of amides is 1. The minimum atomic E-state index is -0.764. The van der Waals surface area contributed by atoms with Crippen LogP contribution in [-0.2, 0) is 4.79 Å². The molecule has 120 valence electrons. The fourth-order valence-corrected chi connectivity index (χ4v) is 3.30. The van der Waals surface area contributed by atoms with Gasteiger partial charge in [-0.25, -0.2) is 0 Å². The topological polar surface area (TPSA) is 59.0 Å². The predicted octanol–water partition coefficient (Wildman–Crippen LogP) is 2.28. The van der Waals surface area contributed by atoms with E-state index < -0.39 is 11.7 Å². The lowest BCUT2D eigenvalue weighted by atomic mass is 9.85. The van der Waals surface area contributed by atoms with Crippen molar-refractivity contribution in [3.8, 4) is 11.5 Å². The van der Waals surface area contributed by atoms with Gasteiger partial charge in [-0.1, -0.05) is 0 Å². The van der Waals surface area contributed by atoms with E-state index in [9.17, 15) is 9.90 Å². The third-order valence-corrected chi connectivity index (χ3v) is 4.44. The first kappa shape index (κ1) is 15.2. The van der Waals surface area contributed by atoms with Gasteiger partial charge in [-0.15, -0.1) is 0 Å². The molecule has 2 aliphatic rings. The quantitative estimate of drug-likeness (QED) is 0.931. The van der Waals surface area contributed by atoms with E-state index in [1.165, 1.54) is 0 Å². The largest absolute Gasteiger partial charge is 0.494 e. The predicted molar refractivity (Wildman–Crippen MR) is 82.0 cm³/mol. The van der Waals surface area contributed by atoms with Crippen molar-refractivity contribution in [3.63, 3.8) is 0 Å². The van der Waals surface area contributed by atoms with E-state index in [-0.39, 0.29) is 11.9 Å². The third-order valence-electron chi connectivity index (χ3n) is 4.44. The van der Waals surface area contributed by atoms with E-state index in [1.807, 2.05) is 39.0 Å². The van der Waals surface area contributed by atoms with Crippen molar-refractivity contribution >= 4 is 5.91 Å². The van der Waals surface area contributed by atoms with E-state index in [0.717, 1.165) is 17.7 Å². The summed E-state index contributed by atoms with van der Waals surface area (Å²) in [5, 5.41) is 10.7. The van der Waals surface area contributed by atoms with E-state index >= 15 is 0 Å². The van der Waals surface area contributed by atoms with Gasteiger partial charge in [-0.05, 0) is 39.3 Å². The molecule has 5 nitrogen and oxygen atoms in total. The number of aliphatic hydroxyl groups is 1. The number of benzene rings is 1. The average molecular weight is 305 g/mol. The highest BCUT2D eigenvalue weighted by Crippen LogP contribution is 2.45. The SMILES string of the molecule is CCOc1ccc2c(c1)OC(C)(C)[C@H](O)[C@H]2N1CCCC1=O. The maximum Gasteiger partial charge on any atom is 0.223 e. The van der Waals surface area contributed by atoms with Crippen LogP contribution in [0, 0.1) is 0 Å². The molecule has 0 bridgehead atoms. The number of aliphatic hydroxyl groups excluding tert-OH is 1. The minimum Gasteiger partial charge on any atom is -0.494 e. The molecule has 22 heavy (non-hydrogen) atoms. The van der Waals surface area contributed by atoms with Gasteiger partial charge in [-0.2, -0.15) is 0 Å². The van der Waals surface area contributed by atoms with E-state index in [4.69, 9.17) is 9.47 Å². The molecule has 2 heterocycles. The number of nitrogens with zero attached hydrogens (tertiary/aromatic N) is 1. The summed E-state index contributed by atoms with van der Waals surface area (Å²) in [7, 11) is 0. The summed E-state index contributed by atoms with van der Waals surface area (Å²) in [4.78, 5) is 13.9. The van der Waals surface area contributed by atoms with Gasteiger partial charge >= 0.3 is 0 Å². The second-order valence-corrected chi connectivity index (χ2v) is 6.42. The third kappa shape index (κ3) is 2.43. The monoisotopic (exact) mass is 305 g/mol. The smallest absolute Gasteiger partial charge is 0.223 e. The van der Waals surface area contributed by atoms with Crippen LogP contribution in [0.25, 0.3) is 0 Å². The van der Waals surface area contributed by atoms with Crippen LogP contribution >= 0.6 is 0 Å². The minimum absolute atomic E-state index is 0.0987. The van der Waals surface area contributed by atoms with E-state index in [1.54, 1.807) is 4.90 Å². The molecule has 0 saturated carbocycles. The van der Waals surface area contributed by atoms with Crippen molar-refractivity contribution in [2.24, 2.45) is 0 Å². The average Bonchev–Trinajstić information content (AvgIpc) is 2.86. The summed E-state index contributed by atoms with van der Waals surface area (Å²) in [6, 6.07) is 5.25. The van der Waals surface area contributed by atoms with Gasteiger partial charge in [0.05, 0.1) is 12.6 Å². The summed E-state index contributed by atoms with van der Waals surface area (Å²) in [5.74, 6) is 1.52. The van der Waals surface area contributed by atoms with Crippen LogP contribution in [0.5, 0.6) is 11.5 Å². The van der Waals surface area contributed by atoms with Gasteiger partial charge in [0.25, 0.3) is 0 Å². The number of hydrogen-bond donors (Lipinski definition) is 1. The molecule has 0 aromatic heterocycles. The molecule has 2 aliphatic heterocycles. The zero-order valence-corrected chi connectivity index (χ0v) is 13.3. The zero-order chi connectivity index (χ0) is 15.9. The molecule has 1 saturated heterocycles. The van der Waals surface area contributed by atoms with E-state index in [0.29, 0.717) is 25.3 Å². The number of carbonyl (C=O) groups is 1. The van der Waals surface area contributed by atoms with Gasteiger partial charge in [0.15, 0.2) is 0 Å². The summed E-state index contributed by atoms with van der Waals surface area (Å²) in [5.41, 5.74) is 0.0938. The van der Waals surface area contributed by atoms with E-state index in [2.05, 4.69) is 0 Å². The Labute approximate surface area is 130 Å². The van der Waals surface area contributed by atoms with Crippen LogP contribution in [0.1, 0.15) is 45.2 Å². The molecular weight excluding hydrogens is 282 g/mol. The molecule has 5 heteroatoms. The number of rotatable bonds is 3. The van der Waals surface area contributed by atoms with Crippen LogP contribution in [0.2, 0.25) is 0 Å². The lowest BCUT2D eigenvalue weighted by molar-refractivity contribution is -0.139. The first-order valence-corrected chi connectivity index (χ1v) is 7.87. The molecule has 0 aliphatic carbocycles. The van der Waals surface area contributed by atoms with Gasteiger partial charge in [0, 0.05) is 24.6 Å². The number of hydrogen-bond acceptors (Lipinski definition) is 4. The molecule has 0 spiro atoms. The highest BCUT2D eigenvalue weighted by Gasteiger charge is 2.47. The fraction of sp³-hybridized carbons (Fsp3) is 0.588. The molecule has 3 rings (SSSR count). The number of likely N-dealkylation sites (tertiary alicyclic amines) is 1. The molecule has 0 unspecified atom stereocenters. The molecule has 1 amide bonds. The maximum absolute atomic E-state index is 12.2. The fourth-order valence-electron chi connectivity index (χ4n) is 3.30. The van der Waals surface area contributed by atoms with Crippen LogP contribution in [0.4, 0.5) is 0 Å². The lowest BCUT2D eigenvalue weighted by Gasteiger charge is -2.45. The Bertz CT molecular complexity index is 584. The summed E-state index contributed by atoms with van der Waals surface area (Å²) in [6.45, 7) is 6.89. The Kier molecular flexibility index (Phi) is 3.77. The second-order valence-electron chi connectivity index (χ2n) is 6.42. The normalized spacial score (nSPS) is 26.5. The molecule has 0 radical (unpaired) electrons. The lowest BCUT2D eigenvalue weighted by Crippen LogP contribution is -2.53. The summed E-state index contributed by atoms with van der Waals surface area (Å²) < 4.78 is 11.5. The van der Waals surface area contributed by atoms with Crippen molar-refractivity contribution in [3.05, 3.63) is 23.8 Å². The van der Waals surface area contributed by atoms with Crippen molar-refractivity contribution in [2.75, 3.05) is 13.2 Å². The number of ether oxygens (including phenoxy) is 2. The van der Waals surface area contributed by atoms with Crippen molar-refractivity contribution in [1.29, 1.82) is 0 Å². The van der Waals surface area contributed by atoms with Gasteiger partial charge < -0.3 is 19.5 Å². The molecule has 1 N–H and O–H groups in total. The first-order valence-electron chi connectivity index (χ1n) is 7.87. The second kappa shape index (κ2) is 5.47. The standard InChI is InChI=1S/C17H23NO4/c1-4-21-11-7-8-12-13(10-11)22-17(2,3)16(20)15(12)18-9-5-6-14(18)19/h7-8,10,15-16,20H,4-6,9H2,1-3H3/t15-,16+/m0/s1. The Morgan fingerprint density at radius 1 is 1.45 bits per heavy atom. The van der Waals surface area contributed by atoms with Gasteiger partial charge in [0.1, 0.15) is 23.2 Å². The van der Waals surface area contributed by atoms with Crippen LogP contribution < -0.4 is 9.47 Å². The van der Waals surface area contributed by atoms with Crippen molar-refractivity contribution in [2.45, 2.75) is 51.4 Å². The number of fused-ring (bicyclic) bond motifs is 1. The Hall–Kier alpha value is -1.75.